The van der Waals surface area contributed by atoms with Gasteiger partial charge < -0.3 is 19.5 Å². The van der Waals surface area contributed by atoms with Crippen LogP contribution in [0.15, 0.2) is 34.9 Å². The highest BCUT2D eigenvalue weighted by molar-refractivity contribution is 7.22. The lowest BCUT2D eigenvalue weighted by molar-refractivity contribution is 0.0600. The molecule has 3 aliphatic rings. The standard InChI is InChI=1S/C30H29Cl2FN4O3S/c1-39-29(38)17-11-22(33)27-24(12-17)41-30(35-27)37-18-8-7-16(23(37)10-9-18)13-34-14-19-26(36-40-28(19)15-5-6-15)25-20(31)3-2-4-21(25)32/h2-4,11-12,15-16,18,23,34H,5-10,13-14H2,1H3. The second-order valence-corrected chi connectivity index (χ2v) is 13.0. The van der Waals surface area contributed by atoms with Crippen molar-refractivity contribution in [1.29, 1.82) is 0 Å². The fourth-order valence-electron chi connectivity index (χ4n) is 6.58. The van der Waals surface area contributed by atoms with E-state index in [-0.39, 0.29) is 5.56 Å². The first-order valence-electron chi connectivity index (χ1n) is 14.0. The maximum Gasteiger partial charge on any atom is 0.338 e. The molecule has 1 saturated carbocycles. The summed E-state index contributed by atoms with van der Waals surface area (Å²) < 4.78 is 26.2. The maximum atomic E-state index is 14.9. The van der Waals surface area contributed by atoms with Gasteiger partial charge in [0.05, 0.1) is 27.4 Å². The topological polar surface area (TPSA) is 80.5 Å². The minimum atomic E-state index is -0.553. The summed E-state index contributed by atoms with van der Waals surface area (Å²) in [6.45, 7) is 1.44. The van der Waals surface area contributed by atoms with E-state index in [0.717, 1.165) is 61.5 Å². The lowest BCUT2D eigenvalue weighted by Crippen LogP contribution is -2.47. The number of hydrogen-bond acceptors (Lipinski definition) is 8. The van der Waals surface area contributed by atoms with Crippen molar-refractivity contribution in [2.45, 2.75) is 63.1 Å². The van der Waals surface area contributed by atoms with Gasteiger partial charge in [-0.1, -0.05) is 45.8 Å². The van der Waals surface area contributed by atoms with Gasteiger partial charge >= 0.3 is 5.97 Å². The SMILES string of the molecule is COC(=O)c1cc(F)c2nc(N3C4CCC(CNCc5c(-c6c(Cl)cccc6Cl)noc5C5CC5)C3CC4)sc2c1. The van der Waals surface area contributed by atoms with Crippen molar-refractivity contribution in [1.82, 2.24) is 15.5 Å². The summed E-state index contributed by atoms with van der Waals surface area (Å²) in [7, 11) is 1.30. The van der Waals surface area contributed by atoms with E-state index in [0.29, 0.717) is 62.0 Å². The summed E-state index contributed by atoms with van der Waals surface area (Å²) in [5.74, 6) is 0.685. The van der Waals surface area contributed by atoms with Gasteiger partial charge in [0.25, 0.3) is 0 Å². The fourth-order valence-corrected chi connectivity index (χ4v) is 8.30. The van der Waals surface area contributed by atoms with Crippen molar-refractivity contribution in [3.8, 4) is 11.3 Å². The molecule has 214 valence electrons. The van der Waals surface area contributed by atoms with Crippen LogP contribution in [0.5, 0.6) is 0 Å². The second kappa shape index (κ2) is 10.8. The maximum absolute atomic E-state index is 14.9. The molecule has 1 aliphatic carbocycles. The number of rotatable bonds is 8. The number of hydrogen-bond donors (Lipinski definition) is 1. The highest BCUT2D eigenvalue weighted by Crippen LogP contribution is 2.47. The summed E-state index contributed by atoms with van der Waals surface area (Å²) in [6.07, 6.45) is 6.55. The van der Waals surface area contributed by atoms with Gasteiger partial charge in [0.2, 0.25) is 0 Å². The Hall–Kier alpha value is -2.72. The van der Waals surface area contributed by atoms with Gasteiger partial charge in [-0.2, -0.15) is 0 Å². The van der Waals surface area contributed by atoms with E-state index < -0.39 is 11.8 Å². The lowest BCUT2D eigenvalue weighted by atomic mass is 9.90. The number of anilines is 1. The van der Waals surface area contributed by atoms with Crippen LogP contribution in [0, 0.1) is 11.7 Å². The molecule has 41 heavy (non-hydrogen) atoms. The van der Waals surface area contributed by atoms with E-state index in [1.54, 1.807) is 6.07 Å². The van der Waals surface area contributed by atoms with Gasteiger partial charge in [-0.05, 0) is 68.7 Å². The highest BCUT2D eigenvalue weighted by atomic mass is 35.5. The molecule has 0 radical (unpaired) electrons. The van der Waals surface area contributed by atoms with Crippen molar-refractivity contribution in [3.05, 3.63) is 63.1 Å². The third-order valence-corrected chi connectivity index (χ3v) is 10.4. The molecule has 4 heterocycles. The first kappa shape index (κ1) is 27.1. The molecule has 3 unspecified atom stereocenters. The Bertz CT molecular complexity index is 1620. The summed E-state index contributed by atoms with van der Waals surface area (Å²) in [5.41, 5.74) is 2.96. The summed E-state index contributed by atoms with van der Waals surface area (Å²) >= 11 is 14.5. The number of esters is 1. The number of thiazole rings is 1. The number of methoxy groups -OCH3 is 1. The Balaban J connectivity index is 1.11. The Morgan fingerprint density at radius 3 is 2.71 bits per heavy atom. The van der Waals surface area contributed by atoms with Crippen LogP contribution in [0.3, 0.4) is 0 Å². The van der Waals surface area contributed by atoms with E-state index in [2.05, 4.69) is 15.4 Å². The van der Waals surface area contributed by atoms with Crippen molar-refractivity contribution in [2.75, 3.05) is 18.6 Å². The van der Waals surface area contributed by atoms with Crippen LogP contribution in [0.25, 0.3) is 21.5 Å². The summed E-state index contributed by atoms with van der Waals surface area (Å²) in [4.78, 5) is 19.1. The highest BCUT2D eigenvalue weighted by Gasteiger charge is 2.43. The Morgan fingerprint density at radius 2 is 1.95 bits per heavy atom. The zero-order chi connectivity index (χ0) is 28.2. The zero-order valence-electron chi connectivity index (χ0n) is 22.5. The number of carbonyl (C=O) groups is 1. The van der Waals surface area contributed by atoms with E-state index >= 15 is 0 Å². The second-order valence-electron chi connectivity index (χ2n) is 11.2. The molecule has 2 bridgehead atoms. The molecule has 4 aromatic rings. The normalized spacial score (nSPS) is 22.0. The largest absolute Gasteiger partial charge is 0.465 e. The monoisotopic (exact) mass is 614 g/mol. The Kier molecular flexibility index (Phi) is 7.17. The average molecular weight is 616 g/mol. The van der Waals surface area contributed by atoms with E-state index in [4.69, 9.17) is 37.4 Å². The number of aromatic nitrogens is 2. The summed E-state index contributed by atoms with van der Waals surface area (Å²) in [6, 6.07) is 9.07. The molecule has 11 heteroatoms. The minimum absolute atomic E-state index is 0.202. The minimum Gasteiger partial charge on any atom is -0.465 e. The van der Waals surface area contributed by atoms with Crippen LogP contribution < -0.4 is 10.2 Å². The predicted molar refractivity (Wildman–Crippen MR) is 159 cm³/mol. The van der Waals surface area contributed by atoms with Crippen LogP contribution in [-0.2, 0) is 11.3 Å². The molecule has 7 nitrogen and oxygen atoms in total. The first-order chi connectivity index (χ1) is 19.9. The molecule has 3 atom stereocenters. The molecular formula is C30H29Cl2FN4O3S. The number of fused-ring (bicyclic) bond motifs is 3. The molecule has 0 spiro atoms. The van der Waals surface area contributed by atoms with Gasteiger partial charge in [0, 0.05) is 42.2 Å². The molecule has 2 aromatic carbocycles. The van der Waals surface area contributed by atoms with Crippen molar-refractivity contribution < 1.29 is 18.4 Å². The van der Waals surface area contributed by atoms with E-state index in [9.17, 15) is 9.18 Å². The number of benzene rings is 2. The smallest absolute Gasteiger partial charge is 0.338 e. The van der Waals surface area contributed by atoms with Gasteiger partial charge in [-0.25, -0.2) is 14.2 Å². The summed E-state index contributed by atoms with van der Waals surface area (Å²) in [5, 5.41) is 10.1. The molecule has 0 amide bonds. The van der Waals surface area contributed by atoms with Crippen LogP contribution in [0.2, 0.25) is 10.0 Å². The number of halogens is 3. The predicted octanol–water partition coefficient (Wildman–Crippen LogP) is 7.60. The number of nitrogens with one attached hydrogen (secondary N) is 1. The van der Waals surface area contributed by atoms with E-state index in [1.165, 1.54) is 24.5 Å². The van der Waals surface area contributed by atoms with Crippen LogP contribution >= 0.6 is 34.5 Å². The lowest BCUT2D eigenvalue weighted by Gasteiger charge is -2.40. The molecule has 2 aromatic heterocycles. The Morgan fingerprint density at radius 1 is 1.17 bits per heavy atom. The average Bonchev–Trinajstić information content (AvgIpc) is 3.45. The van der Waals surface area contributed by atoms with Crippen LogP contribution in [0.4, 0.5) is 9.52 Å². The number of carbonyl (C=O) groups excluding carboxylic acids is 1. The molecule has 1 N–H and O–H groups in total. The quantitative estimate of drug-likeness (QED) is 0.205. The zero-order valence-corrected chi connectivity index (χ0v) is 24.8. The van der Waals surface area contributed by atoms with Gasteiger partial charge in [-0.15, -0.1) is 0 Å². The molecular weight excluding hydrogens is 586 g/mol. The number of piperidine rings is 1. The Labute approximate surface area is 251 Å². The molecule has 3 fully saturated rings. The van der Waals surface area contributed by atoms with Crippen molar-refractivity contribution in [2.24, 2.45) is 5.92 Å². The molecule has 2 saturated heterocycles. The van der Waals surface area contributed by atoms with Gasteiger partial charge in [-0.3, -0.25) is 0 Å². The third kappa shape index (κ3) is 4.90. The third-order valence-electron chi connectivity index (χ3n) is 8.71. The van der Waals surface area contributed by atoms with Gasteiger partial charge in [0.15, 0.2) is 10.9 Å². The van der Waals surface area contributed by atoms with Gasteiger partial charge in [0.1, 0.15) is 17.0 Å². The van der Waals surface area contributed by atoms with Crippen LogP contribution in [-0.4, -0.2) is 41.8 Å². The van der Waals surface area contributed by atoms with E-state index in [1.807, 2.05) is 18.2 Å². The van der Waals surface area contributed by atoms with Crippen molar-refractivity contribution in [3.63, 3.8) is 0 Å². The fraction of sp³-hybridized carbons (Fsp3) is 0.433. The number of ether oxygens (including phenoxy) is 1. The number of nitrogens with zero attached hydrogens (tertiary/aromatic N) is 3. The van der Waals surface area contributed by atoms with Crippen molar-refractivity contribution >= 4 is 55.9 Å². The van der Waals surface area contributed by atoms with Crippen LogP contribution in [0.1, 0.15) is 66.1 Å². The molecule has 2 aliphatic heterocycles. The molecule has 7 rings (SSSR count). The first-order valence-corrected chi connectivity index (χ1v) is 15.6.